The zero-order valence-corrected chi connectivity index (χ0v) is 11.6. The predicted molar refractivity (Wildman–Crippen MR) is 79.4 cm³/mol. The molecule has 1 aromatic heterocycles. The lowest BCUT2D eigenvalue weighted by molar-refractivity contribution is 0.413. The van der Waals surface area contributed by atoms with Gasteiger partial charge in [0.05, 0.1) is 6.33 Å². The third-order valence-corrected chi connectivity index (χ3v) is 3.46. The number of anilines is 1. The lowest BCUT2D eigenvalue weighted by Crippen LogP contribution is -2.27. The number of benzene rings is 1. The Morgan fingerprint density at radius 3 is 2.84 bits per heavy atom. The van der Waals surface area contributed by atoms with E-state index in [1.807, 2.05) is 16.8 Å². The first-order valence-electron chi connectivity index (χ1n) is 6.73. The molecule has 0 saturated carbocycles. The Bertz CT molecular complexity index is 491. The smallest absolute Gasteiger partial charge is 0.0991 e. The summed E-state index contributed by atoms with van der Waals surface area (Å²) in [6.07, 6.45) is 5.52. The van der Waals surface area contributed by atoms with Crippen molar-refractivity contribution in [1.29, 1.82) is 0 Å². The van der Waals surface area contributed by atoms with Crippen LogP contribution in [-0.4, -0.2) is 22.6 Å². The van der Waals surface area contributed by atoms with E-state index in [0.29, 0.717) is 18.4 Å². The summed E-state index contributed by atoms with van der Waals surface area (Å²) in [6, 6.07) is 8.31. The molecule has 3 N–H and O–H groups in total. The highest BCUT2D eigenvalue weighted by atomic mass is 15.0. The highest BCUT2D eigenvalue weighted by Gasteiger charge is 2.10. The van der Waals surface area contributed by atoms with E-state index in [2.05, 4.69) is 42.3 Å². The van der Waals surface area contributed by atoms with Crippen molar-refractivity contribution in [2.45, 2.75) is 13.8 Å². The van der Waals surface area contributed by atoms with E-state index in [4.69, 9.17) is 5.73 Å². The molecule has 1 heterocycles. The zero-order valence-electron chi connectivity index (χ0n) is 11.6. The molecule has 1 aromatic carbocycles. The SMILES string of the molecule is CC(C)C(CN)CNc1cccc(-n2ccnc2)c1. The van der Waals surface area contributed by atoms with Gasteiger partial charge in [-0.3, -0.25) is 0 Å². The van der Waals surface area contributed by atoms with Crippen molar-refractivity contribution in [2.75, 3.05) is 18.4 Å². The molecule has 0 spiro atoms. The van der Waals surface area contributed by atoms with Crippen molar-refractivity contribution in [3.05, 3.63) is 43.0 Å². The van der Waals surface area contributed by atoms with Gasteiger partial charge in [-0.2, -0.15) is 0 Å². The second-order valence-corrected chi connectivity index (χ2v) is 5.14. The van der Waals surface area contributed by atoms with Crippen LogP contribution < -0.4 is 11.1 Å². The Kier molecular flexibility index (Phi) is 4.58. The molecule has 0 aliphatic heterocycles. The van der Waals surface area contributed by atoms with Crippen LogP contribution in [0.5, 0.6) is 0 Å². The second-order valence-electron chi connectivity index (χ2n) is 5.14. The van der Waals surface area contributed by atoms with Crippen LogP contribution in [0.1, 0.15) is 13.8 Å². The Balaban J connectivity index is 2.03. The van der Waals surface area contributed by atoms with Gasteiger partial charge in [-0.05, 0) is 36.6 Å². The zero-order chi connectivity index (χ0) is 13.7. The van der Waals surface area contributed by atoms with Gasteiger partial charge in [0, 0.05) is 30.3 Å². The molecular formula is C15H22N4. The summed E-state index contributed by atoms with van der Waals surface area (Å²) in [7, 11) is 0. The highest BCUT2D eigenvalue weighted by Crippen LogP contribution is 2.16. The molecule has 0 radical (unpaired) electrons. The van der Waals surface area contributed by atoms with Gasteiger partial charge in [0.15, 0.2) is 0 Å². The average molecular weight is 258 g/mol. The molecule has 1 unspecified atom stereocenters. The number of nitrogens with one attached hydrogen (secondary N) is 1. The number of rotatable bonds is 6. The van der Waals surface area contributed by atoms with Crippen molar-refractivity contribution in [2.24, 2.45) is 17.6 Å². The first-order valence-corrected chi connectivity index (χ1v) is 6.73. The van der Waals surface area contributed by atoms with Gasteiger partial charge in [0.1, 0.15) is 0 Å². The minimum Gasteiger partial charge on any atom is -0.385 e. The molecule has 0 aliphatic carbocycles. The van der Waals surface area contributed by atoms with Gasteiger partial charge in [-0.15, -0.1) is 0 Å². The summed E-state index contributed by atoms with van der Waals surface area (Å²) in [5.74, 6) is 1.09. The first-order chi connectivity index (χ1) is 9.20. The summed E-state index contributed by atoms with van der Waals surface area (Å²) in [4.78, 5) is 4.06. The molecule has 0 bridgehead atoms. The first kappa shape index (κ1) is 13.6. The molecule has 0 aliphatic rings. The van der Waals surface area contributed by atoms with Gasteiger partial charge in [-0.1, -0.05) is 19.9 Å². The van der Waals surface area contributed by atoms with E-state index in [1.165, 1.54) is 0 Å². The van der Waals surface area contributed by atoms with Gasteiger partial charge in [0.2, 0.25) is 0 Å². The fourth-order valence-corrected chi connectivity index (χ4v) is 2.03. The standard InChI is InChI=1S/C15H22N4/c1-12(2)13(9-16)10-18-14-4-3-5-15(8-14)19-7-6-17-11-19/h3-8,11-13,18H,9-10,16H2,1-2H3. The molecule has 0 fully saturated rings. The molecule has 2 aromatic rings. The summed E-state index contributed by atoms with van der Waals surface area (Å²) in [6.45, 7) is 6.04. The third-order valence-electron chi connectivity index (χ3n) is 3.46. The summed E-state index contributed by atoms with van der Waals surface area (Å²) < 4.78 is 1.99. The van der Waals surface area contributed by atoms with Gasteiger partial charge >= 0.3 is 0 Å². The van der Waals surface area contributed by atoms with Crippen molar-refractivity contribution in [3.63, 3.8) is 0 Å². The maximum absolute atomic E-state index is 5.79. The Morgan fingerprint density at radius 2 is 2.21 bits per heavy atom. The van der Waals surface area contributed by atoms with Crippen molar-refractivity contribution < 1.29 is 0 Å². The number of hydrogen-bond donors (Lipinski definition) is 2. The number of nitrogens with two attached hydrogens (primary N) is 1. The fraction of sp³-hybridized carbons (Fsp3) is 0.400. The van der Waals surface area contributed by atoms with Crippen LogP contribution in [0.15, 0.2) is 43.0 Å². The van der Waals surface area contributed by atoms with Crippen molar-refractivity contribution >= 4 is 5.69 Å². The molecule has 102 valence electrons. The van der Waals surface area contributed by atoms with E-state index in [0.717, 1.165) is 17.9 Å². The molecule has 4 nitrogen and oxygen atoms in total. The quantitative estimate of drug-likeness (QED) is 0.837. The predicted octanol–water partition coefficient (Wildman–Crippen LogP) is 2.52. The van der Waals surface area contributed by atoms with Crippen molar-refractivity contribution in [3.8, 4) is 5.69 Å². The number of imidazole rings is 1. The largest absolute Gasteiger partial charge is 0.385 e. The highest BCUT2D eigenvalue weighted by molar-refractivity contribution is 5.51. The van der Waals surface area contributed by atoms with Gasteiger partial charge < -0.3 is 15.6 Å². The van der Waals surface area contributed by atoms with Gasteiger partial charge in [-0.25, -0.2) is 4.98 Å². The van der Waals surface area contributed by atoms with E-state index in [1.54, 1.807) is 12.5 Å². The van der Waals surface area contributed by atoms with Crippen LogP contribution in [-0.2, 0) is 0 Å². The van der Waals surface area contributed by atoms with Gasteiger partial charge in [0.25, 0.3) is 0 Å². The topological polar surface area (TPSA) is 55.9 Å². The average Bonchev–Trinajstić information content (AvgIpc) is 2.93. The second kappa shape index (κ2) is 6.38. The minimum atomic E-state index is 0.497. The van der Waals surface area contributed by atoms with Crippen LogP contribution in [0.25, 0.3) is 5.69 Å². The third kappa shape index (κ3) is 3.58. The molecular weight excluding hydrogens is 236 g/mol. The van der Waals surface area contributed by atoms with E-state index in [-0.39, 0.29) is 0 Å². The normalized spacial score (nSPS) is 12.6. The number of hydrogen-bond acceptors (Lipinski definition) is 3. The summed E-state index contributed by atoms with van der Waals surface area (Å²) in [5, 5.41) is 3.47. The minimum absolute atomic E-state index is 0.497. The molecule has 4 heteroatoms. The summed E-state index contributed by atoms with van der Waals surface area (Å²) >= 11 is 0. The van der Waals surface area contributed by atoms with Crippen LogP contribution in [0.4, 0.5) is 5.69 Å². The van der Waals surface area contributed by atoms with Crippen LogP contribution in [0, 0.1) is 11.8 Å². The van der Waals surface area contributed by atoms with Crippen LogP contribution in [0.2, 0.25) is 0 Å². The van der Waals surface area contributed by atoms with E-state index < -0.39 is 0 Å². The van der Waals surface area contributed by atoms with E-state index >= 15 is 0 Å². The lowest BCUT2D eigenvalue weighted by atomic mass is 9.96. The molecule has 0 amide bonds. The molecule has 1 atom stereocenters. The van der Waals surface area contributed by atoms with Crippen LogP contribution in [0.3, 0.4) is 0 Å². The maximum Gasteiger partial charge on any atom is 0.0991 e. The monoisotopic (exact) mass is 258 g/mol. The molecule has 2 rings (SSSR count). The maximum atomic E-state index is 5.79. The summed E-state index contributed by atoms with van der Waals surface area (Å²) in [5.41, 5.74) is 8.02. The number of aromatic nitrogens is 2. The molecule has 19 heavy (non-hydrogen) atoms. The number of nitrogens with zero attached hydrogens (tertiary/aromatic N) is 2. The van der Waals surface area contributed by atoms with E-state index in [9.17, 15) is 0 Å². The Hall–Kier alpha value is -1.81. The molecule has 0 saturated heterocycles. The Labute approximate surface area is 114 Å². The van der Waals surface area contributed by atoms with Crippen molar-refractivity contribution in [1.82, 2.24) is 9.55 Å². The Morgan fingerprint density at radius 1 is 1.37 bits per heavy atom. The van der Waals surface area contributed by atoms with Crippen LogP contribution >= 0.6 is 0 Å². The lowest BCUT2D eigenvalue weighted by Gasteiger charge is -2.20. The fourth-order valence-electron chi connectivity index (χ4n) is 2.03.